The molecule has 1 fully saturated rings. The summed E-state index contributed by atoms with van der Waals surface area (Å²) in [5.74, 6) is -0.727. The number of unbranched alkanes of at least 4 members (excludes halogenated alkanes) is 16. The number of aliphatic hydroxyl groups is 5. The zero-order chi connectivity index (χ0) is 41.4. The summed E-state index contributed by atoms with van der Waals surface area (Å²) in [6.07, 6.45) is 26.7. The van der Waals surface area contributed by atoms with Crippen LogP contribution in [0.2, 0.25) is 0 Å². The van der Waals surface area contributed by atoms with Crippen LogP contribution in [0.5, 0.6) is 0 Å². The molecule has 0 radical (unpaired) electrons. The molecular formula is C42H75NO12S. The Morgan fingerprint density at radius 2 is 1.27 bits per heavy atom. The maximum Gasteiger partial charge on any atom is 0.397 e. The molecule has 8 unspecified atom stereocenters. The highest BCUT2D eigenvalue weighted by Gasteiger charge is 2.48. The Kier molecular flexibility index (Phi) is 30.6. The fraction of sp³-hybridized carbons (Fsp3) is 0.786. The van der Waals surface area contributed by atoms with Crippen molar-refractivity contribution in [2.24, 2.45) is 0 Å². The van der Waals surface area contributed by atoms with Crippen LogP contribution in [0, 0.1) is 0 Å². The van der Waals surface area contributed by atoms with Crippen molar-refractivity contribution in [3.8, 4) is 0 Å². The van der Waals surface area contributed by atoms with Crippen molar-refractivity contribution in [2.45, 2.75) is 198 Å². The van der Waals surface area contributed by atoms with Crippen LogP contribution in [-0.4, -0.2) is 107 Å². The van der Waals surface area contributed by atoms with E-state index in [1.54, 1.807) is 6.08 Å². The van der Waals surface area contributed by atoms with Crippen LogP contribution in [0.3, 0.4) is 0 Å². The number of carbonyl (C=O) groups is 1. The second kappa shape index (κ2) is 32.9. The number of hydrogen-bond acceptors (Lipinski definition) is 11. The van der Waals surface area contributed by atoms with Gasteiger partial charge < -0.3 is 40.3 Å². The number of nitrogens with one attached hydrogen (secondary N) is 1. The van der Waals surface area contributed by atoms with Gasteiger partial charge in [-0.1, -0.05) is 133 Å². The number of hydrogen-bond donors (Lipinski definition) is 7. The minimum atomic E-state index is -5.12. The third-order valence-electron chi connectivity index (χ3n) is 9.76. The quantitative estimate of drug-likeness (QED) is 0.0217. The van der Waals surface area contributed by atoms with Gasteiger partial charge in [0.05, 0.1) is 25.4 Å². The normalized spacial score (nSPS) is 22.5. The lowest BCUT2D eigenvalue weighted by atomic mass is 9.99. The molecule has 1 saturated heterocycles. The van der Waals surface area contributed by atoms with Gasteiger partial charge >= 0.3 is 10.4 Å². The Balaban J connectivity index is 2.58. The fourth-order valence-corrected chi connectivity index (χ4v) is 6.88. The molecule has 13 nitrogen and oxygen atoms in total. The summed E-state index contributed by atoms with van der Waals surface area (Å²) >= 11 is 0. The molecule has 0 bridgehead atoms. The average molecular weight is 818 g/mol. The van der Waals surface area contributed by atoms with Crippen molar-refractivity contribution in [3.63, 3.8) is 0 Å². The molecule has 1 rings (SSSR count). The topological polar surface area (TPSA) is 212 Å². The minimum Gasteiger partial charge on any atom is -0.394 e. The van der Waals surface area contributed by atoms with Gasteiger partial charge in [-0.2, -0.15) is 8.42 Å². The van der Waals surface area contributed by atoms with Gasteiger partial charge in [-0.25, -0.2) is 4.18 Å². The van der Waals surface area contributed by atoms with Gasteiger partial charge in [0, 0.05) is 0 Å². The highest BCUT2D eigenvalue weighted by Crippen LogP contribution is 2.26. The Morgan fingerprint density at radius 1 is 0.750 bits per heavy atom. The number of rotatable bonds is 34. The van der Waals surface area contributed by atoms with Gasteiger partial charge in [0.2, 0.25) is 5.91 Å². The lowest BCUT2D eigenvalue weighted by Crippen LogP contribution is -2.61. The average Bonchev–Trinajstić information content (AvgIpc) is 3.16. The van der Waals surface area contributed by atoms with E-state index in [0.717, 1.165) is 64.2 Å². The van der Waals surface area contributed by atoms with Gasteiger partial charge in [0.15, 0.2) is 6.29 Å². The van der Waals surface area contributed by atoms with E-state index in [-0.39, 0.29) is 6.42 Å². The molecule has 56 heavy (non-hydrogen) atoms. The molecule has 0 aromatic heterocycles. The summed E-state index contributed by atoms with van der Waals surface area (Å²) in [6.45, 7) is 2.92. The number of aliphatic hydroxyl groups excluding tert-OH is 5. The van der Waals surface area contributed by atoms with Crippen LogP contribution < -0.4 is 5.32 Å². The van der Waals surface area contributed by atoms with Crippen LogP contribution in [-0.2, 0) is 28.9 Å². The highest BCUT2D eigenvalue weighted by atomic mass is 32.3. The molecule has 1 aliphatic rings. The van der Waals surface area contributed by atoms with Crippen LogP contribution >= 0.6 is 0 Å². The Labute approximate surface area is 337 Å². The van der Waals surface area contributed by atoms with Gasteiger partial charge in [-0.05, 0) is 64.7 Å². The highest BCUT2D eigenvalue weighted by molar-refractivity contribution is 7.80. The number of allylic oxidation sites excluding steroid dienone is 7. The van der Waals surface area contributed by atoms with Gasteiger partial charge in [-0.15, -0.1) is 0 Å². The predicted octanol–water partition coefficient (Wildman–Crippen LogP) is 6.29. The fourth-order valence-electron chi connectivity index (χ4n) is 6.37. The molecule has 0 spiro atoms. The molecule has 1 heterocycles. The molecule has 1 aliphatic heterocycles. The smallest absolute Gasteiger partial charge is 0.394 e. The third-order valence-corrected chi connectivity index (χ3v) is 10.2. The largest absolute Gasteiger partial charge is 0.397 e. The monoisotopic (exact) mass is 818 g/mol. The zero-order valence-electron chi connectivity index (χ0n) is 34.0. The standard InChI is InChI=1S/C42H75NO12S/c1-3-5-7-9-11-13-14-15-16-17-18-19-20-21-23-25-27-29-31-36(46)41(49)43-34(35(45)30-28-26-24-22-12-10-8-6-4-2)33-53-42-39(48)40(55-56(50,51)52)38(47)37(32-44)54-42/h4,6,12,17-18,22,28,30,34-40,42,44-48H,3,5,7-11,13-16,19-21,23-27,29,31-33H2,1-2H3,(H,43,49)(H,50,51,52)/b6-4+,18-17-,22-12+,30-28+. The summed E-state index contributed by atoms with van der Waals surface area (Å²) in [7, 11) is -5.12. The van der Waals surface area contributed by atoms with Crippen molar-refractivity contribution in [1.82, 2.24) is 5.32 Å². The van der Waals surface area contributed by atoms with E-state index in [9.17, 15) is 38.7 Å². The van der Waals surface area contributed by atoms with Crippen LogP contribution in [0.15, 0.2) is 48.6 Å². The Bertz CT molecular complexity index is 1210. The van der Waals surface area contributed by atoms with Crippen LogP contribution in [0.1, 0.15) is 149 Å². The first-order valence-electron chi connectivity index (χ1n) is 21.1. The molecular weight excluding hydrogens is 743 g/mol. The van der Waals surface area contributed by atoms with E-state index in [2.05, 4.69) is 40.7 Å². The predicted molar refractivity (Wildman–Crippen MR) is 219 cm³/mol. The van der Waals surface area contributed by atoms with Gasteiger partial charge in [-0.3, -0.25) is 9.35 Å². The molecule has 0 aliphatic carbocycles. The van der Waals surface area contributed by atoms with Crippen molar-refractivity contribution in [1.29, 1.82) is 0 Å². The molecule has 0 saturated carbocycles. The number of ether oxygens (including phenoxy) is 2. The first-order chi connectivity index (χ1) is 26.9. The van der Waals surface area contributed by atoms with Crippen molar-refractivity contribution < 1.29 is 57.0 Å². The van der Waals surface area contributed by atoms with Gasteiger partial charge in [0.25, 0.3) is 0 Å². The van der Waals surface area contributed by atoms with E-state index in [1.807, 2.05) is 19.1 Å². The maximum absolute atomic E-state index is 13.0. The molecule has 326 valence electrons. The first-order valence-corrected chi connectivity index (χ1v) is 22.5. The summed E-state index contributed by atoms with van der Waals surface area (Å²) in [6, 6.07) is -1.14. The zero-order valence-corrected chi connectivity index (χ0v) is 34.9. The number of carbonyl (C=O) groups excluding carboxylic acids is 1. The van der Waals surface area contributed by atoms with E-state index in [4.69, 9.17) is 14.0 Å². The van der Waals surface area contributed by atoms with Crippen molar-refractivity contribution in [2.75, 3.05) is 13.2 Å². The summed E-state index contributed by atoms with van der Waals surface area (Å²) < 4.78 is 47.3. The lowest BCUT2D eigenvalue weighted by Gasteiger charge is -2.41. The second-order valence-corrected chi connectivity index (χ2v) is 15.8. The van der Waals surface area contributed by atoms with E-state index in [0.29, 0.717) is 12.8 Å². The van der Waals surface area contributed by atoms with E-state index in [1.165, 1.54) is 57.4 Å². The minimum absolute atomic E-state index is 0.225. The molecule has 0 aromatic rings. The van der Waals surface area contributed by atoms with Crippen LogP contribution in [0.25, 0.3) is 0 Å². The van der Waals surface area contributed by atoms with Gasteiger partial charge in [0.1, 0.15) is 30.5 Å². The summed E-state index contributed by atoms with van der Waals surface area (Å²) in [4.78, 5) is 13.0. The van der Waals surface area contributed by atoms with Crippen LogP contribution in [0.4, 0.5) is 0 Å². The lowest BCUT2D eigenvalue weighted by molar-refractivity contribution is -0.298. The molecule has 14 heteroatoms. The van der Waals surface area contributed by atoms with Crippen molar-refractivity contribution >= 4 is 16.3 Å². The molecule has 8 atom stereocenters. The summed E-state index contributed by atoms with van der Waals surface area (Å²) in [5.41, 5.74) is 0. The Morgan fingerprint density at radius 3 is 1.82 bits per heavy atom. The first kappa shape index (κ1) is 52.0. The SMILES string of the molecule is C/C=C/CC/C=C/CC/C=C/C(O)C(COC1OC(CO)C(O)C(OS(=O)(=O)O)C1O)NC(=O)C(O)CCCCCCCC/C=C\CCCCCCCCCC. The van der Waals surface area contributed by atoms with E-state index < -0.39 is 78.5 Å². The molecule has 1 amide bonds. The third kappa shape index (κ3) is 25.4. The summed E-state index contributed by atoms with van der Waals surface area (Å²) in [5, 5.41) is 54.8. The molecule has 0 aromatic carbocycles. The number of amides is 1. The second-order valence-electron chi connectivity index (χ2n) is 14.7. The maximum atomic E-state index is 13.0. The Hall–Kier alpha value is -1.98. The van der Waals surface area contributed by atoms with Crippen molar-refractivity contribution in [3.05, 3.63) is 48.6 Å². The van der Waals surface area contributed by atoms with E-state index >= 15 is 0 Å². The molecule has 7 N–H and O–H groups in total.